The highest BCUT2D eigenvalue weighted by Crippen LogP contribution is 2.25. The first-order valence-corrected chi connectivity index (χ1v) is 8.05. The first kappa shape index (κ1) is 18.0. The van der Waals surface area contributed by atoms with Crippen molar-refractivity contribution in [1.29, 1.82) is 0 Å². The van der Waals surface area contributed by atoms with Gasteiger partial charge in [0.2, 0.25) is 0 Å². The molecule has 1 unspecified atom stereocenters. The lowest BCUT2D eigenvalue weighted by molar-refractivity contribution is 0.144. The molecule has 0 radical (unpaired) electrons. The van der Waals surface area contributed by atoms with Crippen LogP contribution in [0.1, 0.15) is 34.1 Å². The Morgan fingerprint density at radius 1 is 1.22 bits per heavy atom. The minimum atomic E-state index is 0. The maximum atomic E-state index is 4.57. The Morgan fingerprint density at radius 2 is 1.91 bits per heavy atom. The summed E-state index contributed by atoms with van der Waals surface area (Å²) in [7, 11) is 2.08. The maximum Gasteiger partial charge on any atom is 0.127 e. The van der Waals surface area contributed by atoms with Gasteiger partial charge in [-0.25, -0.2) is 4.98 Å². The second-order valence-electron chi connectivity index (χ2n) is 6.46. The topological polar surface area (TPSA) is 33.1 Å². The first-order chi connectivity index (χ1) is 10.6. The maximum absolute atomic E-state index is 4.57. The van der Waals surface area contributed by atoms with Crippen LogP contribution in [0.5, 0.6) is 0 Å². The van der Waals surface area contributed by atoms with Gasteiger partial charge in [0.15, 0.2) is 0 Å². The van der Waals surface area contributed by atoms with Gasteiger partial charge in [-0.05, 0) is 37.5 Å². The van der Waals surface area contributed by atoms with Crippen LogP contribution in [0.4, 0.5) is 0 Å². The van der Waals surface area contributed by atoms with Crippen molar-refractivity contribution in [3.05, 3.63) is 52.6 Å². The number of benzene rings is 1. The average Bonchev–Trinajstić information content (AvgIpc) is 2.89. The van der Waals surface area contributed by atoms with Crippen molar-refractivity contribution in [3.63, 3.8) is 0 Å². The number of nitrogens with zero attached hydrogens (tertiary/aromatic N) is 3. The molecule has 0 bridgehead atoms. The zero-order valence-corrected chi connectivity index (χ0v) is 15.3. The Labute approximate surface area is 145 Å². The van der Waals surface area contributed by atoms with Gasteiger partial charge in [-0.15, -0.1) is 12.4 Å². The van der Waals surface area contributed by atoms with E-state index < -0.39 is 0 Å². The molecule has 1 fully saturated rings. The molecular formula is C18H27ClN4. The van der Waals surface area contributed by atoms with Crippen molar-refractivity contribution in [2.45, 2.75) is 33.4 Å². The normalized spacial score (nSPS) is 18.7. The lowest BCUT2D eigenvalue weighted by Crippen LogP contribution is -2.46. The molecule has 2 heterocycles. The standard InChI is InChI=1S/C18H26N4.ClH/c1-13-9-14(2)16(15(3)10-13)12-22-8-5-19-11-17(22)18-20-6-7-21(18)4;/h6-7,9-10,17,19H,5,8,11-12H2,1-4H3;1H. The molecule has 0 aliphatic carbocycles. The minimum absolute atomic E-state index is 0. The van der Waals surface area contributed by atoms with E-state index in [1.165, 1.54) is 22.3 Å². The second-order valence-corrected chi connectivity index (χ2v) is 6.46. The van der Waals surface area contributed by atoms with Crippen molar-refractivity contribution < 1.29 is 0 Å². The van der Waals surface area contributed by atoms with E-state index in [0.29, 0.717) is 6.04 Å². The molecular weight excluding hydrogens is 308 g/mol. The van der Waals surface area contributed by atoms with Gasteiger partial charge >= 0.3 is 0 Å². The Morgan fingerprint density at radius 3 is 2.52 bits per heavy atom. The third kappa shape index (κ3) is 3.77. The van der Waals surface area contributed by atoms with E-state index in [0.717, 1.165) is 32.0 Å². The Hall–Kier alpha value is -1.36. The summed E-state index contributed by atoms with van der Waals surface area (Å²) >= 11 is 0. The summed E-state index contributed by atoms with van der Waals surface area (Å²) in [5.41, 5.74) is 5.61. The molecule has 4 nitrogen and oxygen atoms in total. The summed E-state index contributed by atoms with van der Waals surface area (Å²) in [5.74, 6) is 1.15. The summed E-state index contributed by atoms with van der Waals surface area (Å²) in [5, 5.41) is 3.51. The van der Waals surface area contributed by atoms with Crippen molar-refractivity contribution in [1.82, 2.24) is 19.8 Å². The van der Waals surface area contributed by atoms with Crippen molar-refractivity contribution in [3.8, 4) is 0 Å². The van der Waals surface area contributed by atoms with Crippen LogP contribution in [0.3, 0.4) is 0 Å². The van der Waals surface area contributed by atoms with E-state index >= 15 is 0 Å². The molecule has 1 aromatic heterocycles. The number of hydrogen-bond acceptors (Lipinski definition) is 3. The zero-order valence-electron chi connectivity index (χ0n) is 14.5. The van der Waals surface area contributed by atoms with Gasteiger partial charge in [-0.3, -0.25) is 4.90 Å². The number of halogens is 1. The van der Waals surface area contributed by atoms with Gasteiger partial charge in [-0.2, -0.15) is 0 Å². The van der Waals surface area contributed by atoms with Gasteiger partial charge in [0.05, 0.1) is 6.04 Å². The van der Waals surface area contributed by atoms with Gasteiger partial charge in [0.1, 0.15) is 5.82 Å². The van der Waals surface area contributed by atoms with Crippen LogP contribution in [0.2, 0.25) is 0 Å². The predicted octanol–water partition coefficient (Wildman–Crippen LogP) is 2.91. The van der Waals surface area contributed by atoms with Crippen LogP contribution in [0.15, 0.2) is 24.5 Å². The van der Waals surface area contributed by atoms with Crippen LogP contribution in [0, 0.1) is 20.8 Å². The van der Waals surface area contributed by atoms with E-state index in [4.69, 9.17) is 0 Å². The molecule has 1 aromatic carbocycles. The van der Waals surface area contributed by atoms with Crippen LogP contribution in [0.25, 0.3) is 0 Å². The number of imidazole rings is 1. The van der Waals surface area contributed by atoms with E-state index in [9.17, 15) is 0 Å². The van der Waals surface area contributed by atoms with Crippen molar-refractivity contribution >= 4 is 12.4 Å². The van der Waals surface area contributed by atoms with E-state index in [2.05, 4.69) is 59.7 Å². The molecule has 5 heteroatoms. The molecule has 1 saturated heterocycles. The van der Waals surface area contributed by atoms with Gasteiger partial charge in [0.25, 0.3) is 0 Å². The van der Waals surface area contributed by atoms with E-state index in [1.54, 1.807) is 0 Å². The smallest absolute Gasteiger partial charge is 0.127 e. The lowest BCUT2D eigenvalue weighted by atomic mass is 9.98. The molecule has 1 aliphatic heterocycles. The quantitative estimate of drug-likeness (QED) is 0.937. The SMILES string of the molecule is Cc1cc(C)c(CN2CCNCC2c2nccn2C)c(C)c1.Cl. The molecule has 1 N–H and O–H groups in total. The Kier molecular flexibility index (Phi) is 5.84. The number of aryl methyl sites for hydroxylation is 4. The Bertz CT molecular complexity index is 642. The van der Waals surface area contributed by atoms with Gasteiger partial charge < -0.3 is 9.88 Å². The summed E-state index contributed by atoms with van der Waals surface area (Å²) in [6.07, 6.45) is 3.93. The van der Waals surface area contributed by atoms with Gasteiger partial charge in [0, 0.05) is 45.6 Å². The molecule has 0 amide bonds. The van der Waals surface area contributed by atoms with Crippen molar-refractivity contribution in [2.75, 3.05) is 19.6 Å². The highest BCUT2D eigenvalue weighted by Gasteiger charge is 2.27. The molecule has 0 spiro atoms. The fraction of sp³-hybridized carbons (Fsp3) is 0.500. The molecule has 1 aliphatic rings. The summed E-state index contributed by atoms with van der Waals surface area (Å²) in [6.45, 7) is 10.7. The van der Waals surface area contributed by atoms with Gasteiger partial charge in [-0.1, -0.05) is 17.7 Å². The number of hydrogen-bond donors (Lipinski definition) is 1. The largest absolute Gasteiger partial charge is 0.337 e. The summed E-state index contributed by atoms with van der Waals surface area (Å²) < 4.78 is 2.14. The van der Waals surface area contributed by atoms with Crippen molar-refractivity contribution in [2.24, 2.45) is 7.05 Å². The van der Waals surface area contributed by atoms with E-state index in [1.807, 2.05) is 12.4 Å². The van der Waals surface area contributed by atoms with Crippen LogP contribution in [-0.4, -0.2) is 34.1 Å². The van der Waals surface area contributed by atoms with Crippen LogP contribution >= 0.6 is 12.4 Å². The number of piperazine rings is 1. The fourth-order valence-corrected chi connectivity index (χ4v) is 3.55. The summed E-state index contributed by atoms with van der Waals surface area (Å²) in [6, 6.07) is 4.93. The monoisotopic (exact) mass is 334 g/mol. The predicted molar refractivity (Wildman–Crippen MR) is 97.1 cm³/mol. The summed E-state index contributed by atoms with van der Waals surface area (Å²) in [4.78, 5) is 7.13. The molecule has 1 atom stereocenters. The highest BCUT2D eigenvalue weighted by atomic mass is 35.5. The number of aromatic nitrogens is 2. The third-order valence-electron chi connectivity index (χ3n) is 4.71. The molecule has 2 aromatic rings. The fourth-order valence-electron chi connectivity index (χ4n) is 3.55. The molecule has 126 valence electrons. The zero-order chi connectivity index (χ0) is 15.7. The third-order valence-corrected chi connectivity index (χ3v) is 4.71. The average molecular weight is 335 g/mol. The number of rotatable bonds is 3. The molecule has 0 saturated carbocycles. The Balaban J connectivity index is 0.00000192. The van der Waals surface area contributed by atoms with Crippen LogP contribution in [-0.2, 0) is 13.6 Å². The van der Waals surface area contributed by atoms with E-state index in [-0.39, 0.29) is 12.4 Å². The highest BCUT2D eigenvalue weighted by molar-refractivity contribution is 5.85. The molecule has 23 heavy (non-hydrogen) atoms. The second kappa shape index (κ2) is 7.47. The first-order valence-electron chi connectivity index (χ1n) is 8.05. The van der Waals surface area contributed by atoms with Crippen LogP contribution < -0.4 is 5.32 Å². The minimum Gasteiger partial charge on any atom is -0.337 e. The molecule has 3 rings (SSSR count). The number of nitrogens with one attached hydrogen (secondary N) is 1. The lowest BCUT2D eigenvalue weighted by Gasteiger charge is -2.36.